The molecule has 0 radical (unpaired) electrons. The van der Waals surface area contributed by atoms with Crippen LogP contribution in [0.4, 0.5) is 0 Å². The average Bonchev–Trinajstić information content (AvgIpc) is 3.22. The van der Waals surface area contributed by atoms with Crippen molar-refractivity contribution in [3.8, 4) is 6.07 Å². The number of fused-ring (bicyclic) bond motifs is 1. The van der Waals surface area contributed by atoms with Crippen LogP contribution in [0.3, 0.4) is 0 Å². The van der Waals surface area contributed by atoms with Gasteiger partial charge in [-0.25, -0.2) is 0 Å². The number of benzene rings is 1. The lowest BCUT2D eigenvalue weighted by molar-refractivity contribution is -0.132. The number of thiophene rings is 1. The van der Waals surface area contributed by atoms with E-state index >= 15 is 0 Å². The van der Waals surface area contributed by atoms with E-state index in [0.717, 1.165) is 21.4 Å². The number of thioether (sulfide) groups is 1. The zero-order valence-corrected chi connectivity index (χ0v) is 16.1. The standard InChI is InChI=1S/C20H19N3OS2/c1-14(15-6-3-2-4-7-15)22-12-23-19(24)10-16(18-8-5-9-25-18)17(11-21)20(23)26-13-22/h2-9,14,16H,10,12-13H2,1H3/t14-,16-/m0/s1. The Morgan fingerprint density at radius 3 is 2.73 bits per heavy atom. The van der Waals surface area contributed by atoms with Crippen molar-refractivity contribution < 1.29 is 4.79 Å². The molecule has 1 aromatic carbocycles. The summed E-state index contributed by atoms with van der Waals surface area (Å²) in [5, 5.41) is 12.6. The molecule has 4 rings (SSSR count). The van der Waals surface area contributed by atoms with Crippen LogP contribution in [-0.4, -0.2) is 28.3 Å². The number of rotatable bonds is 3. The molecule has 2 aliphatic heterocycles. The van der Waals surface area contributed by atoms with Crippen molar-refractivity contribution in [1.29, 1.82) is 5.26 Å². The summed E-state index contributed by atoms with van der Waals surface area (Å²) in [6.07, 6.45) is 0.376. The molecule has 1 amide bonds. The van der Waals surface area contributed by atoms with Crippen LogP contribution < -0.4 is 0 Å². The third-order valence-electron chi connectivity index (χ3n) is 5.03. The number of carbonyl (C=O) groups is 1. The van der Waals surface area contributed by atoms with Crippen LogP contribution in [0.2, 0.25) is 0 Å². The lowest BCUT2D eigenvalue weighted by Crippen LogP contribution is -2.47. The maximum atomic E-state index is 12.8. The molecule has 3 heterocycles. The topological polar surface area (TPSA) is 47.3 Å². The van der Waals surface area contributed by atoms with Crippen molar-refractivity contribution in [1.82, 2.24) is 9.80 Å². The largest absolute Gasteiger partial charge is 0.292 e. The number of carbonyl (C=O) groups excluding carboxylic acids is 1. The van der Waals surface area contributed by atoms with Crippen LogP contribution in [-0.2, 0) is 4.79 Å². The van der Waals surface area contributed by atoms with E-state index in [9.17, 15) is 10.1 Å². The zero-order chi connectivity index (χ0) is 18.1. The molecule has 0 spiro atoms. The first-order valence-electron chi connectivity index (χ1n) is 8.59. The van der Waals surface area contributed by atoms with Gasteiger partial charge in [0.25, 0.3) is 0 Å². The fourth-order valence-electron chi connectivity index (χ4n) is 3.49. The monoisotopic (exact) mass is 381 g/mol. The van der Waals surface area contributed by atoms with Gasteiger partial charge in [-0.1, -0.05) is 48.2 Å². The molecule has 1 saturated heterocycles. The third kappa shape index (κ3) is 3.07. The van der Waals surface area contributed by atoms with Crippen molar-refractivity contribution in [3.05, 3.63) is 68.9 Å². The molecule has 1 aromatic heterocycles. The highest BCUT2D eigenvalue weighted by Crippen LogP contribution is 2.44. The minimum atomic E-state index is -0.0932. The van der Waals surface area contributed by atoms with Crippen LogP contribution in [0, 0.1) is 11.3 Å². The average molecular weight is 382 g/mol. The zero-order valence-electron chi connectivity index (χ0n) is 14.5. The highest BCUT2D eigenvalue weighted by atomic mass is 32.2. The van der Waals surface area contributed by atoms with Gasteiger partial charge in [-0.3, -0.25) is 14.6 Å². The fourth-order valence-corrected chi connectivity index (χ4v) is 5.58. The van der Waals surface area contributed by atoms with Crippen molar-refractivity contribution >= 4 is 29.0 Å². The van der Waals surface area contributed by atoms with Gasteiger partial charge in [0.1, 0.15) is 0 Å². The minimum absolute atomic E-state index is 0.0932. The van der Waals surface area contributed by atoms with Crippen molar-refractivity contribution in [3.63, 3.8) is 0 Å². The summed E-state index contributed by atoms with van der Waals surface area (Å²) >= 11 is 3.23. The second-order valence-electron chi connectivity index (χ2n) is 6.51. The van der Waals surface area contributed by atoms with Crippen molar-refractivity contribution in [2.75, 3.05) is 12.5 Å². The molecule has 2 aromatic rings. The third-order valence-corrected chi connectivity index (χ3v) is 7.19. The molecule has 6 heteroatoms. The van der Waals surface area contributed by atoms with E-state index in [1.807, 2.05) is 35.7 Å². The Morgan fingerprint density at radius 1 is 1.23 bits per heavy atom. The highest BCUT2D eigenvalue weighted by Gasteiger charge is 2.39. The van der Waals surface area contributed by atoms with Gasteiger partial charge >= 0.3 is 0 Å². The fraction of sp³-hybridized carbons (Fsp3) is 0.300. The number of amides is 1. The molecule has 4 nitrogen and oxygen atoms in total. The Labute approximate surface area is 161 Å². The normalized spacial score (nSPS) is 22.1. The van der Waals surface area contributed by atoms with Crippen LogP contribution in [0.1, 0.15) is 35.7 Å². The SMILES string of the molecule is C[C@@H](c1ccccc1)N1CSC2=C(C#N)[C@@H](c3cccs3)CC(=O)N2C1. The molecule has 2 aliphatic rings. The van der Waals surface area contributed by atoms with E-state index < -0.39 is 0 Å². The summed E-state index contributed by atoms with van der Waals surface area (Å²) in [6, 6.07) is 16.9. The van der Waals surface area contributed by atoms with Crippen LogP contribution in [0.15, 0.2) is 58.4 Å². The van der Waals surface area contributed by atoms with E-state index in [0.29, 0.717) is 13.1 Å². The van der Waals surface area contributed by atoms with Crippen LogP contribution in [0.5, 0.6) is 0 Å². The molecule has 0 saturated carbocycles. The Balaban J connectivity index is 1.61. The molecule has 0 aliphatic carbocycles. The van der Waals surface area contributed by atoms with Crippen molar-refractivity contribution in [2.24, 2.45) is 0 Å². The second-order valence-corrected chi connectivity index (χ2v) is 8.43. The molecule has 0 unspecified atom stereocenters. The van der Waals surface area contributed by atoms with Gasteiger partial charge in [0.2, 0.25) is 5.91 Å². The van der Waals surface area contributed by atoms with E-state index in [1.165, 1.54) is 5.56 Å². The summed E-state index contributed by atoms with van der Waals surface area (Å²) in [4.78, 5) is 18.0. The summed E-state index contributed by atoms with van der Waals surface area (Å²) in [5.74, 6) is 0.788. The van der Waals surface area contributed by atoms with E-state index in [1.54, 1.807) is 28.0 Å². The predicted molar refractivity (Wildman–Crippen MR) is 105 cm³/mol. The maximum Gasteiger partial charge on any atom is 0.229 e. The molecule has 0 N–H and O–H groups in total. The van der Waals surface area contributed by atoms with Crippen LogP contribution in [0.25, 0.3) is 0 Å². The van der Waals surface area contributed by atoms with Gasteiger partial charge in [0.05, 0.1) is 29.2 Å². The number of allylic oxidation sites excluding steroid dienone is 1. The van der Waals surface area contributed by atoms with Gasteiger partial charge in [0, 0.05) is 23.3 Å². The second kappa shape index (κ2) is 7.28. The molecule has 1 fully saturated rings. The molecule has 26 heavy (non-hydrogen) atoms. The van der Waals surface area contributed by atoms with Gasteiger partial charge in [-0.05, 0) is 23.9 Å². The Hall–Kier alpha value is -2.07. The first kappa shape index (κ1) is 17.3. The molecule has 0 bridgehead atoms. The molecule has 2 atom stereocenters. The minimum Gasteiger partial charge on any atom is -0.292 e. The highest BCUT2D eigenvalue weighted by molar-refractivity contribution is 8.03. The Kier molecular flexibility index (Phi) is 4.86. The van der Waals surface area contributed by atoms with E-state index in [-0.39, 0.29) is 17.9 Å². The number of nitriles is 1. The summed E-state index contributed by atoms with van der Waals surface area (Å²) in [5.41, 5.74) is 1.98. The van der Waals surface area contributed by atoms with Crippen molar-refractivity contribution in [2.45, 2.75) is 25.3 Å². The Morgan fingerprint density at radius 2 is 2.04 bits per heavy atom. The van der Waals surface area contributed by atoms with E-state index in [4.69, 9.17) is 0 Å². The first-order chi connectivity index (χ1) is 12.7. The van der Waals surface area contributed by atoms with Gasteiger partial charge < -0.3 is 0 Å². The summed E-state index contributed by atoms with van der Waals surface area (Å²) in [6.45, 7) is 2.71. The Bertz CT molecular complexity index is 870. The summed E-state index contributed by atoms with van der Waals surface area (Å²) in [7, 11) is 0. The molecular formula is C20H19N3OS2. The van der Waals surface area contributed by atoms with Gasteiger partial charge in [-0.2, -0.15) is 5.26 Å². The predicted octanol–water partition coefficient (Wildman–Crippen LogP) is 4.52. The molecule has 132 valence electrons. The maximum absolute atomic E-state index is 12.8. The lowest BCUT2D eigenvalue weighted by atomic mass is 9.92. The number of nitrogens with zero attached hydrogens (tertiary/aromatic N) is 3. The number of hydrogen-bond acceptors (Lipinski definition) is 5. The molecular weight excluding hydrogens is 362 g/mol. The number of hydrogen-bond donors (Lipinski definition) is 0. The van der Waals surface area contributed by atoms with Crippen LogP contribution >= 0.6 is 23.1 Å². The van der Waals surface area contributed by atoms with E-state index in [2.05, 4.69) is 30.0 Å². The smallest absolute Gasteiger partial charge is 0.229 e. The summed E-state index contributed by atoms with van der Waals surface area (Å²) < 4.78 is 0. The first-order valence-corrected chi connectivity index (χ1v) is 10.5. The van der Waals surface area contributed by atoms with Gasteiger partial charge in [-0.15, -0.1) is 11.3 Å². The quantitative estimate of drug-likeness (QED) is 0.784. The van der Waals surface area contributed by atoms with Gasteiger partial charge in [0.15, 0.2) is 0 Å². The lowest BCUT2D eigenvalue weighted by Gasteiger charge is -2.43.